The lowest BCUT2D eigenvalue weighted by Gasteiger charge is -2.40. The second kappa shape index (κ2) is 16.9. The molecule has 4 aliphatic heterocycles. The van der Waals surface area contributed by atoms with Gasteiger partial charge in [-0.2, -0.15) is 0 Å². The number of benzene rings is 2. The topological polar surface area (TPSA) is 130 Å². The molecule has 13 heteroatoms. The highest BCUT2D eigenvalue weighted by Crippen LogP contribution is 2.33. The van der Waals surface area contributed by atoms with Gasteiger partial charge in [0.25, 0.3) is 11.8 Å². The summed E-state index contributed by atoms with van der Waals surface area (Å²) in [6.45, 7) is 11.5. The third-order valence-electron chi connectivity index (χ3n) is 12.4. The van der Waals surface area contributed by atoms with Gasteiger partial charge < -0.3 is 29.3 Å². The molecule has 306 valence electrons. The Morgan fingerprint density at radius 2 is 1.58 bits per heavy atom. The number of piperazine rings is 1. The van der Waals surface area contributed by atoms with Crippen LogP contribution >= 0.6 is 0 Å². The van der Waals surface area contributed by atoms with Crippen LogP contribution in [0.3, 0.4) is 0 Å². The predicted octanol–water partition coefficient (Wildman–Crippen LogP) is 5.41. The fourth-order valence-corrected chi connectivity index (χ4v) is 8.81. The number of aromatic nitrogens is 2. The molecular weight excluding hydrogens is 747 g/mol. The maximum atomic E-state index is 13.4. The highest BCUT2D eigenvalue weighted by Gasteiger charge is 2.44. The number of hydrogen-bond donors (Lipinski definition) is 1. The second-order valence-electron chi connectivity index (χ2n) is 16.3. The van der Waals surface area contributed by atoms with Crippen molar-refractivity contribution in [2.75, 3.05) is 64.4 Å². The minimum Gasteiger partial charge on any atom is -0.490 e. The number of likely N-dealkylation sites (tertiary alicyclic amines) is 1. The molecule has 0 spiro atoms. The van der Waals surface area contributed by atoms with Crippen molar-refractivity contribution >= 4 is 46.5 Å². The Hall–Kier alpha value is -5.63. The van der Waals surface area contributed by atoms with Crippen LogP contribution in [0.5, 0.6) is 11.6 Å². The van der Waals surface area contributed by atoms with Crippen LogP contribution in [0, 0.1) is 0 Å². The van der Waals surface area contributed by atoms with Crippen LogP contribution in [-0.4, -0.2) is 126 Å². The van der Waals surface area contributed by atoms with E-state index in [0.717, 1.165) is 117 Å². The molecule has 2 aromatic carbocycles. The largest absolute Gasteiger partial charge is 0.490 e. The predicted molar refractivity (Wildman–Crippen MR) is 225 cm³/mol. The quantitative estimate of drug-likeness (QED) is 0.185. The Labute approximate surface area is 344 Å². The molecule has 0 bridgehead atoms. The maximum Gasteiger partial charge on any atom is 0.262 e. The van der Waals surface area contributed by atoms with E-state index in [1.807, 2.05) is 54.6 Å². The molecule has 1 atom stereocenters. The van der Waals surface area contributed by atoms with Gasteiger partial charge in [-0.15, -0.1) is 0 Å². The van der Waals surface area contributed by atoms with Crippen molar-refractivity contribution in [2.45, 2.75) is 62.9 Å². The Morgan fingerprint density at radius 3 is 2.36 bits per heavy atom. The third kappa shape index (κ3) is 8.59. The monoisotopic (exact) mass is 797 g/mol. The van der Waals surface area contributed by atoms with E-state index in [4.69, 9.17) is 19.2 Å². The van der Waals surface area contributed by atoms with E-state index in [0.29, 0.717) is 41.6 Å². The van der Waals surface area contributed by atoms with E-state index in [9.17, 15) is 14.4 Å². The number of amides is 3. The summed E-state index contributed by atoms with van der Waals surface area (Å²) >= 11 is 0. The molecule has 3 saturated heterocycles. The van der Waals surface area contributed by atoms with Gasteiger partial charge in [0.15, 0.2) is 0 Å². The summed E-state index contributed by atoms with van der Waals surface area (Å²) in [6, 6.07) is 18.7. The Morgan fingerprint density at radius 1 is 0.797 bits per heavy atom. The number of anilines is 1. The summed E-state index contributed by atoms with van der Waals surface area (Å²) in [5.74, 6) is 0.317. The smallest absolute Gasteiger partial charge is 0.262 e. The highest BCUT2D eigenvalue weighted by atomic mass is 16.5. The lowest BCUT2D eigenvalue weighted by atomic mass is 9.91. The van der Waals surface area contributed by atoms with Crippen LogP contribution < -0.4 is 19.7 Å². The van der Waals surface area contributed by atoms with Crippen molar-refractivity contribution in [3.05, 3.63) is 102 Å². The molecule has 0 radical (unpaired) electrons. The Balaban J connectivity index is 0.668. The first kappa shape index (κ1) is 38.9. The fourth-order valence-electron chi connectivity index (χ4n) is 8.81. The summed E-state index contributed by atoms with van der Waals surface area (Å²) in [5.41, 5.74) is 5.11. The Bertz CT molecular complexity index is 2270. The molecule has 59 heavy (non-hydrogen) atoms. The number of rotatable bonds is 12. The number of nitrogens with zero attached hydrogens (tertiary/aromatic N) is 6. The number of nitrogens with one attached hydrogen (secondary N) is 1. The van der Waals surface area contributed by atoms with Crippen molar-refractivity contribution in [1.29, 1.82) is 0 Å². The number of piperidine rings is 2. The zero-order chi connectivity index (χ0) is 40.5. The standard InChI is InChI=1S/C46H51N7O6/c1-30-3-12-42(44(54)48-30)53-45(55)39-10-8-34(27-40(39)46(53)56)52-23-21-51(22-24-52)20-19-50-17-14-35(15-18-50)58-37-28-38(29-37)59-36-9-11-41-32(26-36)5-7-33(49-41)6-4-31-13-16-47-43(25-31)57-2/h4-11,13,16,25-27,35,37-38,42H,1,3,12,14-15,17-24,28-29H2,2H3,(H,48,54)/b6-4+. The number of carbonyl (C=O) groups excluding carboxylic acids is 3. The normalized spacial score (nSPS) is 23.2. The molecule has 9 rings (SSSR count). The van der Waals surface area contributed by atoms with E-state index >= 15 is 0 Å². The molecule has 4 aromatic rings. The number of fused-ring (bicyclic) bond motifs is 2. The lowest BCUT2D eigenvalue weighted by Crippen LogP contribution is -2.51. The molecule has 5 aliphatic rings. The number of methoxy groups -OCH3 is 1. The number of carbonyl (C=O) groups is 3. The van der Waals surface area contributed by atoms with Crippen molar-refractivity contribution in [3.8, 4) is 11.6 Å². The van der Waals surface area contributed by atoms with Gasteiger partial charge in [0.05, 0.1) is 41.7 Å². The molecule has 1 unspecified atom stereocenters. The molecule has 2 aromatic heterocycles. The molecule has 4 fully saturated rings. The van der Waals surface area contributed by atoms with Crippen molar-refractivity contribution < 1.29 is 28.6 Å². The summed E-state index contributed by atoms with van der Waals surface area (Å²) < 4.78 is 18.1. The van der Waals surface area contributed by atoms with Gasteiger partial charge in [-0.25, -0.2) is 9.97 Å². The third-order valence-corrected chi connectivity index (χ3v) is 12.4. The first-order valence-corrected chi connectivity index (χ1v) is 20.9. The average Bonchev–Trinajstić information content (AvgIpc) is 3.49. The van der Waals surface area contributed by atoms with Crippen LogP contribution in [-0.2, 0) is 9.53 Å². The van der Waals surface area contributed by atoms with Crippen LogP contribution in [0.15, 0.2) is 79.1 Å². The minimum atomic E-state index is -0.800. The van der Waals surface area contributed by atoms with Crippen LogP contribution in [0.2, 0.25) is 0 Å². The van der Waals surface area contributed by atoms with Crippen LogP contribution in [0.4, 0.5) is 5.69 Å². The first-order valence-electron chi connectivity index (χ1n) is 20.9. The van der Waals surface area contributed by atoms with E-state index < -0.39 is 17.9 Å². The first-order chi connectivity index (χ1) is 28.8. The van der Waals surface area contributed by atoms with Crippen LogP contribution in [0.25, 0.3) is 23.1 Å². The number of allylic oxidation sites excluding steroid dienone is 1. The zero-order valence-electron chi connectivity index (χ0n) is 33.6. The lowest BCUT2D eigenvalue weighted by molar-refractivity contribution is -0.125. The van der Waals surface area contributed by atoms with Crippen molar-refractivity contribution in [1.82, 2.24) is 30.0 Å². The van der Waals surface area contributed by atoms with Gasteiger partial charge in [-0.1, -0.05) is 18.7 Å². The van der Waals surface area contributed by atoms with Crippen molar-refractivity contribution in [2.24, 2.45) is 0 Å². The van der Waals surface area contributed by atoms with Gasteiger partial charge in [-0.3, -0.25) is 24.2 Å². The van der Waals surface area contributed by atoms with E-state index in [1.165, 1.54) is 0 Å². The van der Waals surface area contributed by atoms with E-state index in [-0.39, 0.29) is 18.1 Å². The SMILES string of the molecule is C=C1CCC(N2C(=O)c3ccc(N4CCN(CCN5CCC(OC6CC(Oc7ccc8nc(/C=C/c9ccnc(OC)c9)ccc8c7)C6)CC5)CC4)cc3C2=O)C(=O)N1. The van der Waals surface area contributed by atoms with E-state index in [1.54, 1.807) is 19.4 Å². The summed E-state index contributed by atoms with van der Waals surface area (Å²) in [5, 5.41) is 3.74. The number of pyridine rings is 2. The summed E-state index contributed by atoms with van der Waals surface area (Å²) in [4.78, 5) is 56.6. The number of ether oxygens (including phenoxy) is 3. The van der Waals surface area contributed by atoms with E-state index in [2.05, 4.69) is 43.7 Å². The molecule has 13 nitrogen and oxygen atoms in total. The van der Waals surface area contributed by atoms with Gasteiger partial charge in [0.1, 0.15) is 17.9 Å². The summed E-state index contributed by atoms with van der Waals surface area (Å²) in [6.07, 6.45) is 11.3. The minimum absolute atomic E-state index is 0.169. The van der Waals surface area contributed by atoms with Crippen molar-refractivity contribution in [3.63, 3.8) is 0 Å². The highest BCUT2D eigenvalue weighted by molar-refractivity contribution is 6.23. The second-order valence-corrected chi connectivity index (χ2v) is 16.3. The van der Waals surface area contributed by atoms with Gasteiger partial charge in [0, 0.05) is 94.2 Å². The molecule has 1 aliphatic carbocycles. The zero-order valence-corrected chi connectivity index (χ0v) is 33.6. The number of imide groups is 1. The molecule has 1 N–H and O–H groups in total. The van der Waals surface area contributed by atoms with Gasteiger partial charge in [0.2, 0.25) is 11.8 Å². The number of hydrogen-bond acceptors (Lipinski definition) is 11. The van der Waals surface area contributed by atoms with Gasteiger partial charge >= 0.3 is 0 Å². The maximum absolute atomic E-state index is 13.4. The summed E-state index contributed by atoms with van der Waals surface area (Å²) in [7, 11) is 1.61. The molecular formula is C46H51N7O6. The fraction of sp³-hybridized carbons (Fsp3) is 0.413. The molecule has 1 saturated carbocycles. The van der Waals surface area contributed by atoms with Crippen LogP contribution in [0.1, 0.15) is 70.5 Å². The Kier molecular flexibility index (Phi) is 11.1. The molecule has 3 amide bonds. The van der Waals surface area contributed by atoms with Gasteiger partial charge in [-0.05, 0) is 85.9 Å². The average molecular weight is 798 g/mol. The molecule has 6 heterocycles.